The lowest BCUT2D eigenvalue weighted by Gasteiger charge is -2.16. The van der Waals surface area contributed by atoms with Crippen LogP contribution in [-0.2, 0) is 22.7 Å². The fourth-order valence-electron chi connectivity index (χ4n) is 4.06. The molecule has 4 rings (SSSR count). The monoisotopic (exact) mass is 488 g/mol. The number of carbonyl (C=O) groups is 2. The van der Waals surface area contributed by atoms with Crippen molar-refractivity contribution in [3.63, 3.8) is 0 Å². The number of aromatic nitrogens is 1. The van der Waals surface area contributed by atoms with Gasteiger partial charge in [0, 0.05) is 56.7 Å². The van der Waals surface area contributed by atoms with Gasteiger partial charge in [0.25, 0.3) is 0 Å². The van der Waals surface area contributed by atoms with Crippen molar-refractivity contribution in [3.05, 3.63) is 69.8 Å². The van der Waals surface area contributed by atoms with E-state index in [1.54, 1.807) is 42.3 Å². The molecule has 2 aromatic carbocycles. The number of halogens is 2. The first-order valence-corrected chi connectivity index (χ1v) is 11.5. The number of fused-ring (bicyclic) bond motifs is 1. The maximum absolute atomic E-state index is 12.3. The number of nitrogens with zero attached hydrogens (tertiary/aromatic N) is 3. The van der Waals surface area contributed by atoms with E-state index in [1.807, 2.05) is 22.8 Å². The van der Waals surface area contributed by atoms with Gasteiger partial charge in [0.2, 0.25) is 5.91 Å². The molecule has 1 aliphatic rings. The third-order valence-corrected chi connectivity index (χ3v) is 6.59. The molecule has 0 radical (unpaired) electrons. The highest BCUT2D eigenvalue weighted by atomic mass is 35.5. The lowest BCUT2D eigenvalue weighted by Crippen LogP contribution is -2.32. The molecule has 0 saturated carbocycles. The summed E-state index contributed by atoms with van der Waals surface area (Å²) in [6.45, 7) is 1.81. The second-order valence-electron chi connectivity index (χ2n) is 8.37. The number of nitrogens with one attached hydrogen (secondary N) is 1. The van der Waals surface area contributed by atoms with Crippen molar-refractivity contribution in [3.8, 4) is 0 Å². The second kappa shape index (κ2) is 10.0. The Kier molecular flexibility index (Phi) is 7.12. The van der Waals surface area contributed by atoms with Crippen LogP contribution in [0.1, 0.15) is 23.5 Å². The van der Waals surface area contributed by atoms with E-state index >= 15 is 0 Å². The summed E-state index contributed by atoms with van der Waals surface area (Å²) in [6.07, 6.45) is 2.40. The molecule has 1 N–H and O–H groups in total. The summed E-state index contributed by atoms with van der Waals surface area (Å²) in [6, 6.07) is 13.3. The van der Waals surface area contributed by atoms with Crippen LogP contribution >= 0.6 is 23.2 Å². The molecule has 1 saturated heterocycles. The lowest BCUT2D eigenvalue weighted by atomic mass is 9.98. The van der Waals surface area contributed by atoms with E-state index in [4.69, 9.17) is 28.0 Å². The van der Waals surface area contributed by atoms with Crippen molar-refractivity contribution in [2.45, 2.75) is 25.4 Å². The van der Waals surface area contributed by atoms with Crippen LogP contribution in [0.3, 0.4) is 0 Å². The Balaban J connectivity index is 1.38. The van der Waals surface area contributed by atoms with Crippen LogP contribution in [0.25, 0.3) is 10.9 Å². The van der Waals surface area contributed by atoms with E-state index in [0.29, 0.717) is 29.7 Å². The molecule has 0 spiro atoms. The Hall–Kier alpha value is -2.74. The van der Waals surface area contributed by atoms with E-state index in [-0.39, 0.29) is 18.4 Å². The molecule has 7 nitrogen and oxygen atoms in total. The Morgan fingerprint density at radius 1 is 1.15 bits per heavy atom. The van der Waals surface area contributed by atoms with Gasteiger partial charge < -0.3 is 19.6 Å². The number of likely N-dealkylation sites (N-methyl/N-ethyl adjacent to an activating group) is 1. The number of hydrogen-bond acceptors (Lipinski definition) is 4. The first kappa shape index (κ1) is 23.4. The fourth-order valence-corrected chi connectivity index (χ4v) is 4.38. The third-order valence-electron chi connectivity index (χ3n) is 5.85. The van der Waals surface area contributed by atoms with Gasteiger partial charge in [0.1, 0.15) is 6.54 Å². The standard InChI is InChI=1S/C24H26Cl2N4O3/c1-28(2)23(31)15-29-14-19(18-5-3-4-6-22(18)29)17-9-10-30(13-17)33-24(32)27-12-16-7-8-20(25)21(26)11-16/h3-8,11,14,17H,9-10,12-13,15H2,1-2H3,(H,27,32). The molecule has 174 valence electrons. The topological polar surface area (TPSA) is 66.8 Å². The van der Waals surface area contributed by atoms with Gasteiger partial charge in [-0.1, -0.05) is 47.5 Å². The number of amides is 2. The number of benzene rings is 2. The molecule has 33 heavy (non-hydrogen) atoms. The Labute approximate surface area is 202 Å². The minimum absolute atomic E-state index is 0.0392. The zero-order valence-corrected chi connectivity index (χ0v) is 20.1. The molecule has 1 aromatic heterocycles. The molecule has 3 aromatic rings. The van der Waals surface area contributed by atoms with Crippen LogP contribution in [0.2, 0.25) is 10.0 Å². The Morgan fingerprint density at radius 3 is 2.70 bits per heavy atom. The molecule has 0 bridgehead atoms. The average molecular weight is 489 g/mol. The molecular weight excluding hydrogens is 463 g/mol. The summed E-state index contributed by atoms with van der Waals surface area (Å²) in [5, 5.41) is 6.47. The normalized spacial score (nSPS) is 16.2. The number of para-hydroxylation sites is 1. The van der Waals surface area contributed by atoms with Gasteiger partial charge in [-0.2, -0.15) is 0 Å². The van der Waals surface area contributed by atoms with Crippen LogP contribution in [0.5, 0.6) is 0 Å². The van der Waals surface area contributed by atoms with Crippen molar-refractivity contribution in [2.75, 3.05) is 27.2 Å². The molecule has 1 unspecified atom stereocenters. The average Bonchev–Trinajstić information content (AvgIpc) is 3.39. The minimum atomic E-state index is -0.513. The van der Waals surface area contributed by atoms with Gasteiger partial charge in [0.05, 0.1) is 10.0 Å². The molecule has 2 heterocycles. The Morgan fingerprint density at radius 2 is 1.94 bits per heavy atom. The quantitative estimate of drug-likeness (QED) is 0.547. The number of hydroxylamine groups is 2. The van der Waals surface area contributed by atoms with E-state index < -0.39 is 6.09 Å². The zero-order valence-electron chi connectivity index (χ0n) is 18.6. The van der Waals surface area contributed by atoms with Crippen molar-refractivity contribution in [1.29, 1.82) is 0 Å². The van der Waals surface area contributed by atoms with Crippen molar-refractivity contribution >= 4 is 46.1 Å². The highest BCUT2D eigenvalue weighted by Gasteiger charge is 2.29. The van der Waals surface area contributed by atoms with Gasteiger partial charge >= 0.3 is 6.09 Å². The predicted octanol–water partition coefficient (Wildman–Crippen LogP) is 4.67. The van der Waals surface area contributed by atoms with Crippen molar-refractivity contribution in [1.82, 2.24) is 19.8 Å². The van der Waals surface area contributed by atoms with Gasteiger partial charge in [-0.25, -0.2) is 4.79 Å². The first-order chi connectivity index (χ1) is 15.8. The van der Waals surface area contributed by atoms with Gasteiger partial charge in [-0.05, 0) is 35.7 Å². The van der Waals surface area contributed by atoms with E-state index in [1.165, 1.54) is 5.56 Å². The van der Waals surface area contributed by atoms with Crippen LogP contribution in [0.4, 0.5) is 4.79 Å². The summed E-state index contributed by atoms with van der Waals surface area (Å²) in [5.74, 6) is 0.241. The molecule has 1 atom stereocenters. The summed E-state index contributed by atoms with van der Waals surface area (Å²) in [5.41, 5.74) is 3.03. The third kappa shape index (κ3) is 5.43. The minimum Gasteiger partial charge on any atom is -0.351 e. The maximum Gasteiger partial charge on any atom is 0.426 e. The highest BCUT2D eigenvalue weighted by Crippen LogP contribution is 2.34. The second-order valence-corrected chi connectivity index (χ2v) is 9.19. The Bertz CT molecular complexity index is 1180. The van der Waals surface area contributed by atoms with Crippen molar-refractivity contribution in [2.24, 2.45) is 0 Å². The smallest absolute Gasteiger partial charge is 0.351 e. The van der Waals surface area contributed by atoms with Crippen molar-refractivity contribution < 1.29 is 14.4 Å². The van der Waals surface area contributed by atoms with Gasteiger partial charge in [-0.3, -0.25) is 4.79 Å². The summed E-state index contributed by atoms with van der Waals surface area (Å²) >= 11 is 11.9. The summed E-state index contributed by atoms with van der Waals surface area (Å²) in [7, 11) is 3.52. The zero-order chi connectivity index (χ0) is 23.5. The number of rotatable bonds is 6. The predicted molar refractivity (Wildman–Crippen MR) is 129 cm³/mol. The number of hydrogen-bond donors (Lipinski definition) is 1. The molecule has 9 heteroatoms. The van der Waals surface area contributed by atoms with Gasteiger partial charge in [0.15, 0.2) is 0 Å². The maximum atomic E-state index is 12.3. The summed E-state index contributed by atoms with van der Waals surface area (Å²) in [4.78, 5) is 31.7. The first-order valence-electron chi connectivity index (χ1n) is 10.7. The molecule has 1 fully saturated rings. The van der Waals surface area contributed by atoms with Crippen LogP contribution in [0.15, 0.2) is 48.7 Å². The highest BCUT2D eigenvalue weighted by molar-refractivity contribution is 6.42. The fraction of sp³-hybridized carbons (Fsp3) is 0.333. The number of carbonyl (C=O) groups excluding carboxylic acids is 2. The van der Waals surface area contributed by atoms with Crippen LogP contribution in [0, 0.1) is 0 Å². The van der Waals surface area contributed by atoms with Gasteiger partial charge in [-0.15, -0.1) is 5.06 Å². The summed E-state index contributed by atoms with van der Waals surface area (Å²) < 4.78 is 2.00. The molecular formula is C24H26Cl2N4O3. The SMILES string of the molecule is CN(C)C(=O)Cn1cc(C2CCN(OC(=O)NCc3ccc(Cl)c(Cl)c3)C2)c2ccccc21. The largest absolute Gasteiger partial charge is 0.426 e. The van der Waals surface area contributed by atoms with E-state index in [0.717, 1.165) is 22.9 Å². The molecule has 0 aliphatic carbocycles. The molecule has 1 aliphatic heterocycles. The molecule has 2 amide bonds. The van der Waals surface area contributed by atoms with Crippen LogP contribution in [-0.4, -0.2) is 53.7 Å². The lowest BCUT2D eigenvalue weighted by molar-refractivity contribution is -0.129. The van der Waals surface area contributed by atoms with E-state index in [9.17, 15) is 9.59 Å². The van der Waals surface area contributed by atoms with Crippen LogP contribution < -0.4 is 5.32 Å². The van der Waals surface area contributed by atoms with E-state index in [2.05, 4.69) is 17.6 Å².